The molecular weight excluding hydrogens is 272 g/mol. The molecule has 1 aromatic rings. The van der Waals surface area contributed by atoms with Gasteiger partial charge in [-0.15, -0.1) is 0 Å². The van der Waals surface area contributed by atoms with E-state index in [1.54, 1.807) is 0 Å². The molecule has 3 heteroatoms. The third-order valence-corrected chi connectivity index (χ3v) is 5.36. The van der Waals surface area contributed by atoms with Gasteiger partial charge in [-0.05, 0) is 36.9 Å². The fourth-order valence-corrected chi connectivity index (χ4v) is 3.95. The maximum Gasteiger partial charge on any atom is 0.0480 e. The molecule has 2 aliphatic rings. The Kier molecular flexibility index (Phi) is 5.17. The molecule has 22 heavy (non-hydrogen) atoms. The van der Waals surface area contributed by atoms with E-state index < -0.39 is 0 Å². The van der Waals surface area contributed by atoms with Crippen LogP contribution >= 0.6 is 0 Å². The molecule has 2 fully saturated rings. The summed E-state index contributed by atoms with van der Waals surface area (Å²) in [5.41, 5.74) is 3.03. The van der Waals surface area contributed by atoms with Crippen LogP contribution in [-0.4, -0.2) is 55.7 Å². The molecule has 1 aromatic carbocycles. The number of hydrogen-bond acceptors (Lipinski definition) is 3. The van der Waals surface area contributed by atoms with Gasteiger partial charge in [-0.25, -0.2) is 0 Å². The molecule has 122 valence electrons. The second-order valence-corrected chi connectivity index (χ2v) is 7.12. The summed E-state index contributed by atoms with van der Waals surface area (Å²) in [7, 11) is 2.28. The molecule has 1 atom stereocenters. The monoisotopic (exact) mass is 302 g/mol. The zero-order valence-electron chi connectivity index (χ0n) is 14.3. The summed E-state index contributed by atoms with van der Waals surface area (Å²) >= 11 is 0. The number of likely N-dealkylation sites (N-methyl/N-ethyl adjacent to an activating group) is 1. The third kappa shape index (κ3) is 3.37. The summed E-state index contributed by atoms with van der Waals surface area (Å²) in [5, 5.41) is 0. The van der Waals surface area contributed by atoms with Crippen LogP contribution in [0.15, 0.2) is 24.3 Å². The molecule has 2 heterocycles. The summed E-state index contributed by atoms with van der Waals surface area (Å²) in [4.78, 5) is 5.25. The van der Waals surface area contributed by atoms with E-state index in [2.05, 4.69) is 55.0 Å². The molecule has 2 aliphatic heterocycles. The molecule has 0 spiro atoms. The van der Waals surface area contributed by atoms with Gasteiger partial charge in [0, 0.05) is 44.9 Å². The highest BCUT2D eigenvalue weighted by Crippen LogP contribution is 2.32. The molecule has 0 aromatic heterocycles. The highest BCUT2D eigenvalue weighted by molar-refractivity contribution is 5.33. The van der Waals surface area contributed by atoms with Crippen molar-refractivity contribution < 1.29 is 4.74 Å². The fraction of sp³-hybridized carbons (Fsp3) is 0.684. The minimum Gasteiger partial charge on any atom is -0.381 e. The average Bonchev–Trinajstić information content (AvgIpc) is 2.56. The molecule has 0 amide bonds. The first-order valence-electron chi connectivity index (χ1n) is 8.77. The second kappa shape index (κ2) is 7.12. The molecule has 1 unspecified atom stereocenters. The lowest BCUT2D eigenvalue weighted by Gasteiger charge is -2.44. The van der Waals surface area contributed by atoms with Gasteiger partial charge in [0.05, 0.1) is 0 Å². The molecule has 2 saturated heterocycles. The topological polar surface area (TPSA) is 15.7 Å². The Hall–Kier alpha value is -0.900. The van der Waals surface area contributed by atoms with Gasteiger partial charge in [0.25, 0.3) is 0 Å². The fourth-order valence-electron chi connectivity index (χ4n) is 3.95. The predicted octanol–water partition coefficient (Wildman–Crippen LogP) is 3.28. The van der Waals surface area contributed by atoms with Gasteiger partial charge in [0.15, 0.2) is 0 Å². The van der Waals surface area contributed by atoms with Crippen LogP contribution in [0, 0.1) is 0 Å². The van der Waals surface area contributed by atoms with Crippen molar-refractivity contribution in [1.82, 2.24) is 9.80 Å². The van der Waals surface area contributed by atoms with Crippen LogP contribution < -0.4 is 0 Å². The summed E-state index contributed by atoms with van der Waals surface area (Å²) in [5.74, 6) is 0.586. The Labute approximate surface area is 135 Å². The van der Waals surface area contributed by atoms with Gasteiger partial charge in [-0.1, -0.05) is 38.1 Å². The summed E-state index contributed by atoms with van der Waals surface area (Å²) in [6.45, 7) is 9.99. The lowest BCUT2D eigenvalue weighted by molar-refractivity contribution is 0.000832. The van der Waals surface area contributed by atoms with Crippen molar-refractivity contribution in [2.45, 2.75) is 44.7 Å². The number of benzene rings is 1. The van der Waals surface area contributed by atoms with Crippen molar-refractivity contribution in [2.75, 3.05) is 39.9 Å². The first kappa shape index (κ1) is 16.0. The molecule has 3 nitrogen and oxygen atoms in total. The standard InChI is InChI=1S/C19H30N2O/c1-15(2)17-6-4-5-7-18(17)19-14-21(11-10-20(19)3)16-8-12-22-13-9-16/h4-7,15-16,19H,8-14H2,1-3H3. The molecule has 0 N–H and O–H groups in total. The van der Waals surface area contributed by atoms with E-state index >= 15 is 0 Å². The molecule has 3 rings (SSSR count). The van der Waals surface area contributed by atoms with Crippen molar-refractivity contribution in [2.24, 2.45) is 0 Å². The van der Waals surface area contributed by atoms with E-state index in [9.17, 15) is 0 Å². The first-order valence-corrected chi connectivity index (χ1v) is 8.77. The van der Waals surface area contributed by atoms with E-state index in [4.69, 9.17) is 4.74 Å². The molecule has 0 aliphatic carbocycles. The highest BCUT2D eigenvalue weighted by Gasteiger charge is 2.31. The average molecular weight is 302 g/mol. The molecule has 0 bridgehead atoms. The van der Waals surface area contributed by atoms with E-state index in [0.717, 1.165) is 32.3 Å². The van der Waals surface area contributed by atoms with Crippen LogP contribution in [0.2, 0.25) is 0 Å². The number of ether oxygens (including phenoxy) is 1. The Bertz CT molecular complexity index is 482. The summed E-state index contributed by atoms with van der Waals surface area (Å²) in [6.07, 6.45) is 2.39. The van der Waals surface area contributed by atoms with Gasteiger partial charge in [-0.2, -0.15) is 0 Å². The number of hydrogen-bond donors (Lipinski definition) is 0. The van der Waals surface area contributed by atoms with Crippen LogP contribution in [0.3, 0.4) is 0 Å². The first-order chi connectivity index (χ1) is 10.7. The quantitative estimate of drug-likeness (QED) is 0.852. The second-order valence-electron chi connectivity index (χ2n) is 7.12. The van der Waals surface area contributed by atoms with E-state index in [-0.39, 0.29) is 0 Å². The predicted molar refractivity (Wildman–Crippen MR) is 91.3 cm³/mol. The van der Waals surface area contributed by atoms with E-state index in [1.807, 2.05) is 0 Å². The Balaban J connectivity index is 1.79. The van der Waals surface area contributed by atoms with Gasteiger partial charge in [0.1, 0.15) is 0 Å². The number of piperazine rings is 1. The van der Waals surface area contributed by atoms with Gasteiger partial charge in [-0.3, -0.25) is 9.80 Å². The minimum atomic E-state index is 0.523. The van der Waals surface area contributed by atoms with Crippen molar-refractivity contribution in [3.63, 3.8) is 0 Å². The zero-order chi connectivity index (χ0) is 15.5. The molecular formula is C19H30N2O. The summed E-state index contributed by atoms with van der Waals surface area (Å²) < 4.78 is 5.54. The smallest absolute Gasteiger partial charge is 0.0480 e. The maximum atomic E-state index is 5.54. The van der Waals surface area contributed by atoms with Crippen molar-refractivity contribution in [3.8, 4) is 0 Å². The lowest BCUT2D eigenvalue weighted by Crippen LogP contribution is -2.52. The van der Waals surface area contributed by atoms with Crippen LogP contribution in [0.4, 0.5) is 0 Å². The van der Waals surface area contributed by atoms with Crippen molar-refractivity contribution >= 4 is 0 Å². The maximum absolute atomic E-state index is 5.54. The molecule has 0 saturated carbocycles. The third-order valence-electron chi connectivity index (χ3n) is 5.36. The van der Waals surface area contributed by atoms with Crippen LogP contribution in [0.25, 0.3) is 0 Å². The van der Waals surface area contributed by atoms with Gasteiger partial charge < -0.3 is 4.74 Å². The largest absolute Gasteiger partial charge is 0.381 e. The van der Waals surface area contributed by atoms with E-state index in [1.165, 1.54) is 30.5 Å². The van der Waals surface area contributed by atoms with Crippen molar-refractivity contribution in [3.05, 3.63) is 35.4 Å². The summed E-state index contributed by atoms with van der Waals surface area (Å²) in [6, 6.07) is 10.3. The SMILES string of the molecule is CC(C)c1ccccc1C1CN(C2CCOCC2)CCN1C. The number of rotatable bonds is 3. The lowest BCUT2D eigenvalue weighted by atomic mass is 9.90. The van der Waals surface area contributed by atoms with Gasteiger partial charge >= 0.3 is 0 Å². The van der Waals surface area contributed by atoms with Crippen molar-refractivity contribution in [1.29, 1.82) is 0 Å². The van der Waals surface area contributed by atoms with Gasteiger partial charge in [0.2, 0.25) is 0 Å². The minimum absolute atomic E-state index is 0.523. The zero-order valence-corrected chi connectivity index (χ0v) is 14.3. The Morgan fingerprint density at radius 3 is 2.55 bits per heavy atom. The normalized spacial score (nSPS) is 25.7. The Morgan fingerprint density at radius 1 is 1.09 bits per heavy atom. The van der Waals surface area contributed by atoms with E-state index in [0.29, 0.717) is 12.0 Å². The highest BCUT2D eigenvalue weighted by atomic mass is 16.5. The molecule has 0 radical (unpaired) electrons. The van der Waals surface area contributed by atoms with Crippen LogP contribution in [0.5, 0.6) is 0 Å². The van der Waals surface area contributed by atoms with Crippen LogP contribution in [0.1, 0.15) is 49.8 Å². The number of nitrogens with zero attached hydrogens (tertiary/aromatic N) is 2. The van der Waals surface area contributed by atoms with Crippen LogP contribution in [-0.2, 0) is 4.74 Å². The Morgan fingerprint density at radius 2 is 1.82 bits per heavy atom.